The smallest absolute Gasteiger partial charge is 0.207 e. The fourth-order valence-electron chi connectivity index (χ4n) is 3.59. The van der Waals surface area contributed by atoms with E-state index in [1.54, 1.807) is 31.4 Å². The first-order valence-electron chi connectivity index (χ1n) is 7.66. The van der Waals surface area contributed by atoms with Crippen molar-refractivity contribution in [2.75, 3.05) is 18.9 Å². The Bertz CT molecular complexity index is 856. The number of rotatable bonds is 5. The van der Waals surface area contributed by atoms with Crippen LogP contribution in [0.3, 0.4) is 0 Å². The molecule has 0 saturated carbocycles. The van der Waals surface area contributed by atoms with Crippen LogP contribution >= 0.6 is 23.2 Å². The maximum Gasteiger partial charge on any atom is 0.207 e. The Balaban J connectivity index is 2.42. The van der Waals surface area contributed by atoms with Crippen molar-refractivity contribution in [2.45, 2.75) is 28.0 Å². The summed E-state index contributed by atoms with van der Waals surface area (Å²) in [4.78, 5) is 0.662. The Morgan fingerprint density at radius 2 is 1.58 bits per heavy atom. The molecule has 1 aliphatic rings. The number of halogens is 2. The van der Waals surface area contributed by atoms with Gasteiger partial charge in [0.25, 0.3) is 0 Å². The second kappa shape index (κ2) is 6.58. The van der Waals surface area contributed by atoms with Gasteiger partial charge in [0.15, 0.2) is 0 Å². The van der Waals surface area contributed by atoms with Crippen LogP contribution in [0.4, 0.5) is 0 Å². The molecule has 2 aromatic rings. The fraction of sp³-hybridized carbons (Fsp3) is 0.333. The van der Waals surface area contributed by atoms with Crippen LogP contribution in [0.5, 0.6) is 5.75 Å². The molecular weight excluding hydrogens is 367 g/mol. The van der Waals surface area contributed by atoms with E-state index < -0.39 is 15.3 Å². The van der Waals surface area contributed by atoms with E-state index >= 15 is 0 Å². The van der Waals surface area contributed by atoms with E-state index in [4.69, 9.17) is 27.9 Å². The van der Waals surface area contributed by atoms with Gasteiger partial charge in [-0.05, 0) is 48.2 Å². The summed E-state index contributed by atoms with van der Waals surface area (Å²) in [5, 5.41) is 0. The summed E-state index contributed by atoms with van der Waals surface area (Å²) in [6.45, 7) is 0. The second-order valence-corrected chi connectivity index (χ2v) is 8.46. The van der Waals surface area contributed by atoms with E-state index in [1.165, 1.54) is 0 Å². The lowest BCUT2D eigenvalue weighted by molar-refractivity contribution is 0.406. The molecule has 0 spiro atoms. The first kappa shape index (κ1) is 17.6. The summed E-state index contributed by atoms with van der Waals surface area (Å²) >= 11 is 12.2. The van der Waals surface area contributed by atoms with E-state index in [1.807, 2.05) is 18.2 Å². The van der Waals surface area contributed by atoms with E-state index in [9.17, 15) is 8.42 Å². The Morgan fingerprint density at radius 3 is 2.21 bits per heavy atom. The fourth-order valence-corrected chi connectivity index (χ4v) is 6.07. The third-order valence-corrected chi connectivity index (χ3v) is 6.97. The van der Waals surface area contributed by atoms with Gasteiger partial charge in [-0.1, -0.05) is 18.2 Å². The van der Waals surface area contributed by atoms with Gasteiger partial charge in [0.1, 0.15) is 5.75 Å². The van der Waals surface area contributed by atoms with Crippen LogP contribution < -0.4 is 4.74 Å². The van der Waals surface area contributed by atoms with Crippen LogP contribution in [-0.2, 0) is 15.3 Å². The van der Waals surface area contributed by atoms with Gasteiger partial charge in [-0.25, -0.2) is 8.42 Å². The Kier molecular flexibility index (Phi) is 4.82. The normalized spacial score (nSPS) is 17.0. The van der Waals surface area contributed by atoms with Crippen molar-refractivity contribution in [1.82, 2.24) is 0 Å². The van der Waals surface area contributed by atoms with Crippen LogP contribution in [0.1, 0.15) is 24.0 Å². The molecule has 0 atom stereocenters. The molecule has 0 N–H and O–H groups in total. The molecule has 2 aromatic carbocycles. The van der Waals surface area contributed by atoms with Crippen LogP contribution in [0.15, 0.2) is 52.3 Å². The van der Waals surface area contributed by atoms with Crippen molar-refractivity contribution in [3.8, 4) is 5.75 Å². The SMILES string of the molecule is COc1ccc2c(c1)C(CCCl)(CCCl)c1ccccc1S2(=O)=O. The molecule has 3 rings (SSSR count). The zero-order valence-electron chi connectivity index (χ0n) is 13.3. The minimum atomic E-state index is -3.58. The first-order valence-corrected chi connectivity index (χ1v) is 10.2. The summed E-state index contributed by atoms with van der Waals surface area (Å²) in [6, 6.07) is 12.2. The summed E-state index contributed by atoms with van der Waals surface area (Å²) in [7, 11) is -2.01. The quantitative estimate of drug-likeness (QED) is 0.718. The molecule has 0 bridgehead atoms. The molecule has 3 nitrogen and oxygen atoms in total. The number of benzene rings is 2. The molecule has 128 valence electrons. The van der Waals surface area contributed by atoms with Gasteiger partial charge < -0.3 is 4.74 Å². The third kappa shape index (κ3) is 2.52. The molecular formula is C18H18Cl2O3S. The van der Waals surface area contributed by atoms with E-state index in [0.29, 0.717) is 40.1 Å². The van der Waals surface area contributed by atoms with Gasteiger partial charge in [-0.15, -0.1) is 23.2 Å². The maximum absolute atomic E-state index is 13.1. The number of hydrogen-bond donors (Lipinski definition) is 0. The summed E-state index contributed by atoms with van der Waals surface area (Å²) in [5.74, 6) is 1.43. The number of methoxy groups -OCH3 is 1. The van der Waals surface area contributed by atoms with Crippen molar-refractivity contribution < 1.29 is 13.2 Å². The zero-order chi connectivity index (χ0) is 17.4. The van der Waals surface area contributed by atoms with Crippen molar-refractivity contribution in [2.24, 2.45) is 0 Å². The highest BCUT2D eigenvalue weighted by atomic mass is 35.5. The Labute approximate surface area is 152 Å². The molecule has 0 radical (unpaired) electrons. The van der Waals surface area contributed by atoms with Gasteiger partial charge in [-0.3, -0.25) is 0 Å². The molecule has 0 fully saturated rings. The molecule has 24 heavy (non-hydrogen) atoms. The van der Waals surface area contributed by atoms with E-state index in [0.717, 1.165) is 11.1 Å². The molecule has 1 aliphatic heterocycles. The third-order valence-electron chi connectivity index (χ3n) is 4.73. The van der Waals surface area contributed by atoms with Crippen molar-refractivity contribution >= 4 is 33.0 Å². The standard InChI is InChI=1S/C18H18Cl2O3S/c1-23-13-6-7-17-15(12-13)18(8-10-19,9-11-20)14-4-2-3-5-16(14)24(17,21)22/h2-7,12H,8-11H2,1H3. The van der Waals surface area contributed by atoms with Gasteiger partial charge in [0, 0.05) is 17.2 Å². The average Bonchev–Trinajstić information content (AvgIpc) is 2.60. The topological polar surface area (TPSA) is 43.4 Å². The molecule has 0 aliphatic carbocycles. The van der Waals surface area contributed by atoms with Gasteiger partial charge in [-0.2, -0.15) is 0 Å². The Hall–Kier alpha value is -1.23. The lowest BCUT2D eigenvalue weighted by atomic mass is 9.70. The zero-order valence-corrected chi connectivity index (χ0v) is 15.6. The molecule has 0 amide bonds. The van der Waals surface area contributed by atoms with Gasteiger partial charge in [0.2, 0.25) is 9.84 Å². The van der Waals surface area contributed by atoms with Crippen molar-refractivity contribution in [3.05, 3.63) is 53.6 Å². The van der Waals surface area contributed by atoms with E-state index in [2.05, 4.69) is 0 Å². The first-order chi connectivity index (χ1) is 11.5. The highest BCUT2D eigenvalue weighted by molar-refractivity contribution is 7.91. The van der Waals surface area contributed by atoms with Crippen LogP contribution in [0.25, 0.3) is 0 Å². The van der Waals surface area contributed by atoms with Crippen molar-refractivity contribution in [1.29, 1.82) is 0 Å². The maximum atomic E-state index is 13.1. The predicted molar refractivity (Wildman–Crippen MR) is 96.3 cm³/mol. The number of sulfone groups is 1. The highest BCUT2D eigenvalue weighted by Gasteiger charge is 2.45. The summed E-state index contributed by atoms with van der Waals surface area (Å²) in [5.41, 5.74) is 0.962. The summed E-state index contributed by atoms with van der Waals surface area (Å²) in [6.07, 6.45) is 1.21. The number of ether oxygens (including phenoxy) is 1. The molecule has 1 heterocycles. The average molecular weight is 385 g/mol. The van der Waals surface area contributed by atoms with Crippen LogP contribution in [0.2, 0.25) is 0 Å². The Morgan fingerprint density at radius 1 is 0.958 bits per heavy atom. The predicted octanol–water partition coefficient (Wildman–Crippen LogP) is 4.39. The lowest BCUT2D eigenvalue weighted by Gasteiger charge is -2.40. The molecule has 0 unspecified atom stereocenters. The largest absolute Gasteiger partial charge is 0.497 e. The van der Waals surface area contributed by atoms with Crippen molar-refractivity contribution in [3.63, 3.8) is 0 Å². The van der Waals surface area contributed by atoms with Gasteiger partial charge >= 0.3 is 0 Å². The number of alkyl halides is 2. The number of hydrogen-bond acceptors (Lipinski definition) is 3. The monoisotopic (exact) mass is 384 g/mol. The molecule has 0 saturated heterocycles. The number of fused-ring (bicyclic) bond motifs is 2. The van der Waals surface area contributed by atoms with Crippen LogP contribution in [-0.4, -0.2) is 27.3 Å². The van der Waals surface area contributed by atoms with Gasteiger partial charge in [0.05, 0.1) is 16.9 Å². The molecule has 0 aromatic heterocycles. The van der Waals surface area contributed by atoms with Crippen LogP contribution in [0, 0.1) is 0 Å². The minimum absolute atomic E-state index is 0.317. The second-order valence-electron chi connectivity index (χ2n) is 5.82. The summed E-state index contributed by atoms with van der Waals surface area (Å²) < 4.78 is 31.5. The van der Waals surface area contributed by atoms with E-state index in [-0.39, 0.29) is 0 Å². The highest BCUT2D eigenvalue weighted by Crippen LogP contribution is 2.50. The minimum Gasteiger partial charge on any atom is -0.497 e. The molecule has 6 heteroatoms. The lowest BCUT2D eigenvalue weighted by Crippen LogP contribution is -2.36.